The van der Waals surface area contributed by atoms with Crippen molar-refractivity contribution < 1.29 is 0 Å². The highest BCUT2D eigenvalue weighted by Gasteiger charge is 2.28. The third kappa shape index (κ3) is 2.22. The van der Waals surface area contributed by atoms with Crippen molar-refractivity contribution in [3.8, 4) is 0 Å². The van der Waals surface area contributed by atoms with Crippen LogP contribution in [0.5, 0.6) is 0 Å². The molecule has 1 atom stereocenters. The van der Waals surface area contributed by atoms with Crippen LogP contribution in [-0.2, 0) is 0 Å². The number of hydrogen-bond donors (Lipinski definition) is 1. The van der Waals surface area contributed by atoms with Crippen molar-refractivity contribution in [1.29, 1.82) is 0 Å². The van der Waals surface area contributed by atoms with Crippen LogP contribution in [0.1, 0.15) is 30.9 Å². The van der Waals surface area contributed by atoms with Gasteiger partial charge in [-0.1, -0.05) is 30.2 Å². The Balaban J connectivity index is 2.29. The summed E-state index contributed by atoms with van der Waals surface area (Å²) in [4.78, 5) is 0. The fourth-order valence-corrected chi connectivity index (χ4v) is 2.80. The summed E-state index contributed by atoms with van der Waals surface area (Å²) in [5, 5.41) is 4.23. The minimum absolute atomic E-state index is 0.406. The van der Waals surface area contributed by atoms with Gasteiger partial charge in [-0.3, -0.25) is 0 Å². The lowest BCUT2D eigenvalue weighted by Crippen LogP contribution is -2.30. The average molecular weight is 289 g/mol. The van der Waals surface area contributed by atoms with E-state index in [1.165, 1.54) is 24.8 Å². The third-order valence-electron chi connectivity index (χ3n) is 3.25. The normalized spacial score (nSPS) is 18.6. The number of hydrogen-bond acceptors (Lipinski definition) is 1. The fourth-order valence-electron chi connectivity index (χ4n) is 2.18. The Morgan fingerprint density at radius 1 is 1.47 bits per heavy atom. The van der Waals surface area contributed by atoms with Crippen LogP contribution in [0.4, 0.5) is 0 Å². The monoisotopic (exact) mass is 287 g/mol. The Bertz CT molecular complexity index is 349. The zero-order valence-corrected chi connectivity index (χ0v) is 11.1. The van der Waals surface area contributed by atoms with Crippen molar-refractivity contribution in [3.05, 3.63) is 33.3 Å². The summed E-state index contributed by atoms with van der Waals surface area (Å²) in [7, 11) is 2.01. The smallest absolute Gasteiger partial charge is 0.0595 e. The molecule has 0 aliphatic heterocycles. The molecule has 2 rings (SSSR count). The first-order valence-electron chi connectivity index (χ1n) is 5.35. The number of rotatable bonds is 3. The molecule has 0 bridgehead atoms. The van der Waals surface area contributed by atoms with Crippen LogP contribution in [0, 0.1) is 5.92 Å². The number of nitrogens with one attached hydrogen (secondary N) is 1. The van der Waals surface area contributed by atoms with E-state index >= 15 is 0 Å². The molecule has 0 aromatic heterocycles. The largest absolute Gasteiger partial charge is 0.313 e. The first kappa shape index (κ1) is 11.4. The van der Waals surface area contributed by atoms with Gasteiger partial charge < -0.3 is 5.32 Å². The standard InChI is InChI=1S/C12H15BrClN/c1-15-12(8-4-2-5-8)9-6-3-7-10(13)11(9)14/h3,6-8,12,15H,2,4-5H2,1H3. The van der Waals surface area contributed by atoms with E-state index in [1.807, 2.05) is 19.2 Å². The van der Waals surface area contributed by atoms with Gasteiger partial charge in [-0.25, -0.2) is 0 Å². The van der Waals surface area contributed by atoms with E-state index in [2.05, 4.69) is 27.3 Å². The molecule has 1 fully saturated rings. The van der Waals surface area contributed by atoms with Gasteiger partial charge in [0.25, 0.3) is 0 Å². The molecule has 0 saturated heterocycles. The zero-order chi connectivity index (χ0) is 10.8. The topological polar surface area (TPSA) is 12.0 Å². The van der Waals surface area contributed by atoms with E-state index in [1.54, 1.807) is 0 Å². The van der Waals surface area contributed by atoms with Crippen molar-refractivity contribution in [2.24, 2.45) is 5.92 Å². The molecule has 1 unspecified atom stereocenters. The molecule has 3 heteroatoms. The first-order chi connectivity index (χ1) is 7.24. The Morgan fingerprint density at radius 3 is 2.73 bits per heavy atom. The highest BCUT2D eigenvalue weighted by molar-refractivity contribution is 9.10. The molecule has 1 aliphatic rings. The molecule has 1 aromatic carbocycles. The molecule has 1 nitrogen and oxygen atoms in total. The summed E-state index contributed by atoms with van der Waals surface area (Å²) in [5.74, 6) is 0.752. The highest BCUT2D eigenvalue weighted by atomic mass is 79.9. The molecule has 1 N–H and O–H groups in total. The van der Waals surface area contributed by atoms with Crippen LogP contribution in [0.2, 0.25) is 5.02 Å². The minimum Gasteiger partial charge on any atom is -0.313 e. The van der Waals surface area contributed by atoms with Gasteiger partial charge in [0.2, 0.25) is 0 Å². The van der Waals surface area contributed by atoms with E-state index in [9.17, 15) is 0 Å². The molecular formula is C12H15BrClN. The maximum Gasteiger partial charge on any atom is 0.0595 e. The SMILES string of the molecule is CNC(c1cccc(Br)c1Cl)C1CCC1. The molecule has 0 spiro atoms. The van der Waals surface area contributed by atoms with Gasteiger partial charge in [-0.05, 0) is 53.4 Å². The molecule has 0 radical (unpaired) electrons. The van der Waals surface area contributed by atoms with E-state index < -0.39 is 0 Å². The summed E-state index contributed by atoms with van der Waals surface area (Å²) in [6.45, 7) is 0. The molecule has 1 saturated carbocycles. The van der Waals surface area contributed by atoms with E-state index in [0.29, 0.717) is 6.04 Å². The van der Waals surface area contributed by atoms with E-state index in [-0.39, 0.29) is 0 Å². The van der Waals surface area contributed by atoms with Crippen LogP contribution < -0.4 is 5.32 Å². The fraction of sp³-hybridized carbons (Fsp3) is 0.500. The molecular weight excluding hydrogens is 273 g/mol. The molecule has 82 valence electrons. The summed E-state index contributed by atoms with van der Waals surface area (Å²) < 4.78 is 0.987. The van der Waals surface area contributed by atoms with Crippen molar-refractivity contribution in [2.45, 2.75) is 25.3 Å². The summed E-state index contributed by atoms with van der Waals surface area (Å²) in [6.07, 6.45) is 3.98. The summed E-state index contributed by atoms with van der Waals surface area (Å²) in [5.41, 5.74) is 1.22. The maximum atomic E-state index is 6.30. The lowest BCUT2D eigenvalue weighted by Gasteiger charge is -2.34. The van der Waals surface area contributed by atoms with Crippen molar-refractivity contribution in [3.63, 3.8) is 0 Å². The predicted molar refractivity (Wildman–Crippen MR) is 68.3 cm³/mol. The zero-order valence-electron chi connectivity index (χ0n) is 8.76. The Labute approximate surface area is 104 Å². The highest BCUT2D eigenvalue weighted by Crippen LogP contribution is 2.41. The van der Waals surface area contributed by atoms with Gasteiger partial charge in [0.15, 0.2) is 0 Å². The number of halogens is 2. The van der Waals surface area contributed by atoms with Crippen molar-refractivity contribution in [1.82, 2.24) is 5.32 Å². The van der Waals surface area contributed by atoms with Crippen LogP contribution in [0.25, 0.3) is 0 Å². The predicted octanol–water partition coefficient (Wildman–Crippen LogP) is 4.16. The van der Waals surface area contributed by atoms with Crippen LogP contribution in [-0.4, -0.2) is 7.05 Å². The molecule has 1 aromatic rings. The molecule has 1 aliphatic carbocycles. The lowest BCUT2D eigenvalue weighted by atomic mass is 9.77. The van der Waals surface area contributed by atoms with Crippen molar-refractivity contribution in [2.75, 3.05) is 7.05 Å². The van der Waals surface area contributed by atoms with Crippen LogP contribution in [0.3, 0.4) is 0 Å². The Hall–Kier alpha value is -0.0500. The first-order valence-corrected chi connectivity index (χ1v) is 6.52. The van der Waals surface area contributed by atoms with Gasteiger partial charge in [0, 0.05) is 10.5 Å². The lowest BCUT2D eigenvalue weighted by molar-refractivity contribution is 0.239. The second-order valence-electron chi connectivity index (χ2n) is 4.10. The molecule has 0 amide bonds. The van der Waals surface area contributed by atoms with Gasteiger partial charge >= 0.3 is 0 Å². The van der Waals surface area contributed by atoms with Gasteiger partial charge in [0.05, 0.1) is 5.02 Å². The second kappa shape index (κ2) is 4.86. The van der Waals surface area contributed by atoms with Crippen molar-refractivity contribution >= 4 is 27.5 Å². The summed E-state index contributed by atoms with van der Waals surface area (Å²) in [6, 6.07) is 6.56. The molecule has 15 heavy (non-hydrogen) atoms. The second-order valence-corrected chi connectivity index (χ2v) is 5.33. The van der Waals surface area contributed by atoms with E-state index in [4.69, 9.17) is 11.6 Å². The minimum atomic E-state index is 0.406. The Kier molecular flexibility index (Phi) is 3.70. The van der Waals surface area contributed by atoms with Crippen LogP contribution in [0.15, 0.2) is 22.7 Å². The summed E-state index contributed by atoms with van der Waals surface area (Å²) >= 11 is 9.78. The number of benzene rings is 1. The van der Waals surface area contributed by atoms with E-state index in [0.717, 1.165) is 15.4 Å². The molecule has 0 heterocycles. The van der Waals surface area contributed by atoms with Gasteiger partial charge in [-0.15, -0.1) is 0 Å². The van der Waals surface area contributed by atoms with Crippen LogP contribution >= 0.6 is 27.5 Å². The average Bonchev–Trinajstić information content (AvgIpc) is 2.16. The Morgan fingerprint density at radius 2 is 2.20 bits per heavy atom. The van der Waals surface area contributed by atoms with Gasteiger partial charge in [0.1, 0.15) is 0 Å². The third-order valence-corrected chi connectivity index (χ3v) is 4.56. The maximum absolute atomic E-state index is 6.30. The van der Waals surface area contributed by atoms with Gasteiger partial charge in [-0.2, -0.15) is 0 Å². The quantitative estimate of drug-likeness (QED) is 0.880.